The molecule has 2 saturated carbocycles. The molecular formula is C42H66O5. The van der Waals surface area contributed by atoms with Crippen molar-refractivity contribution in [2.75, 3.05) is 27.4 Å². The molecule has 4 rings (SSSR count). The normalized spacial score (nSPS) is 23.5. The molecule has 0 heterocycles. The van der Waals surface area contributed by atoms with Gasteiger partial charge >= 0.3 is 0 Å². The van der Waals surface area contributed by atoms with Gasteiger partial charge in [-0.1, -0.05) is 93.0 Å². The largest absolute Gasteiger partial charge is 0.400 e. The molecule has 3 aliphatic rings. The van der Waals surface area contributed by atoms with E-state index in [1.807, 2.05) is 6.79 Å². The lowest BCUT2D eigenvalue weighted by Gasteiger charge is -2.36. The van der Waals surface area contributed by atoms with E-state index in [1.54, 1.807) is 30.7 Å². The molecule has 5 nitrogen and oxygen atoms in total. The molecule has 264 valence electrons. The van der Waals surface area contributed by atoms with Gasteiger partial charge in [-0.3, -0.25) is 4.79 Å². The van der Waals surface area contributed by atoms with Crippen LogP contribution in [0, 0.1) is 23.7 Å². The first-order valence-electron chi connectivity index (χ1n) is 18.0. The number of rotatable bonds is 15. The van der Waals surface area contributed by atoms with Crippen molar-refractivity contribution in [1.29, 1.82) is 0 Å². The van der Waals surface area contributed by atoms with Crippen LogP contribution in [0.15, 0.2) is 72.4 Å². The van der Waals surface area contributed by atoms with E-state index >= 15 is 0 Å². The van der Waals surface area contributed by atoms with Gasteiger partial charge in [0.2, 0.25) is 0 Å². The maximum atomic E-state index is 9.41. The SMILES string of the molecule is C=C(C)C=O.C=C(CO)CC(CCC1CCC(c2ccc(C3CCC4C=C(CCCCC)C=CC4C3)cc2)CC1)COC.C=O.CO. The molecule has 4 atom stereocenters. The van der Waals surface area contributed by atoms with Crippen LogP contribution >= 0.6 is 0 Å². The molecular weight excluding hydrogens is 584 g/mol. The zero-order valence-corrected chi connectivity index (χ0v) is 30.1. The molecule has 3 aliphatic carbocycles. The molecule has 5 heteroatoms. The highest BCUT2D eigenvalue weighted by Crippen LogP contribution is 2.44. The molecule has 2 fully saturated rings. The molecule has 47 heavy (non-hydrogen) atoms. The number of ether oxygens (including phenoxy) is 1. The van der Waals surface area contributed by atoms with Crippen molar-refractivity contribution in [3.8, 4) is 0 Å². The summed E-state index contributed by atoms with van der Waals surface area (Å²) in [5, 5.41) is 16.3. The lowest BCUT2D eigenvalue weighted by Crippen LogP contribution is -2.23. The van der Waals surface area contributed by atoms with Gasteiger partial charge in [0.15, 0.2) is 0 Å². The Morgan fingerprint density at radius 2 is 1.55 bits per heavy atom. The average Bonchev–Trinajstić information content (AvgIpc) is 3.12. The number of hydrogen-bond acceptors (Lipinski definition) is 5. The van der Waals surface area contributed by atoms with E-state index < -0.39 is 0 Å². The number of aldehydes is 1. The Balaban J connectivity index is 0.00000110. The number of benzene rings is 1. The summed E-state index contributed by atoms with van der Waals surface area (Å²) in [5.74, 6) is 4.31. The Morgan fingerprint density at radius 3 is 2.11 bits per heavy atom. The Hall–Kier alpha value is -2.60. The summed E-state index contributed by atoms with van der Waals surface area (Å²) in [6.07, 6.45) is 26.3. The standard InChI is InChI=1S/C36H54O2.C4H6O.CH4O.CH2O/c1-4-5-6-7-29-12-15-36-24-35(21-20-34(36)23-29)33-18-16-32(17-19-33)31-13-10-28(11-14-31)8-9-30(26-38-3)22-27(2)25-37;1-4(2)3-5;2*1-2/h12,15-19,23,28,30-31,34-37H,2,4-11,13-14,20-22,24-26H2,1,3H3;3H,1H2,2H3;2H,1H3;1H2. The van der Waals surface area contributed by atoms with Crippen molar-refractivity contribution in [3.05, 3.63) is 83.5 Å². The first-order valence-corrected chi connectivity index (χ1v) is 18.0. The molecule has 1 aromatic carbocycles. The van der Waals surface area contributed by atoms with Crippen LogP contribution < -0.4 is 0 Å². The molecule has 0 spiro atoms. The highest BCUT2D eigenvalue weighted by Gasteiger charge is 2.30. The maximum Gasteiger partial charge on any atom is 0.145 e. The van der Waals surface area contributed by atoms with E-state index in [4.69, 9.17) is 14.6 Å². The Labute approximate surface area is 287 Å². The lowest BCUT2D eigenvalue weighted by molar-refractivity contribution is -0.104. The zero-order valence-electron chi connectivity index (χ0n) is 30.1. The predicted molar refractivity (Wildman–Crippen MR) is 198 cm³/mol. The summed E-state index contributed by atoms with van der Waals surface area (Å²) >= 11 is 0. The van der Waals surface area contributed by atoms with Crippen molar-refractivity contribution in [2.24, 2.45) is 23.7 Å². The topological polar surface area (TPSA) is 83.8 Å². The smallest absolute Gasteiger partial charge is 0.145 e. The highest BCUT2D eigenvalue weighted by atomic mass is 16.5. The van der Waals surface area contributed by atoms with E-state index in [9.17, 15) is 9.90 Å². The Bertz CT molecular complexity index is 1060. The molecule has 1 aromatic rings. The zero-order chi connectivity index (χ0) is 35.0. The van der Waals surface area contributed by atoms with Gasteiger partial charge in [-0.2, -0.15) is 0 Å². The first kappa shape index (κ1) is 42.4. The van der Waals surface area contributed by atoms with Crippen LogP contribution in [0.25, 0.3) is 0 Å². The van der Waals surface area contributed by atoms with Gasteiger partial charge in [0.1, 0.15) is 13.1 Å². The summed E-state index contributed by atoms with van der Waals surface area (Å²) < 4.78 is 5.44. The van der Waals surface area contributed by atoms with Crippen molar-refractivity contribution in [3.63, 3.8) is 0 Å². The number of allylic oxidation sites excluding steroid dienone is 5. The monoisotopic (exact) mass is 650 g/mol. The fourth-order valence-corrected chi connectivity index (χ4v) is 7.53. The number of aliphatic hydroxyl groups is 2. The third-order valence-electron chi connectivity index (χ3n) is 10.1. The second kappa shape index (κ2) is 25.4. The molecule has 0 aromatic heterocycles. The van der Waals surface area contributed by atoms with Gasteiger partial charge in [-0.25, -0.2) is 0 Å². The van der Waals surface area contributed by atoms with E-state index in [0.29, 0.717) is 11.5 Å². The van der Waals surface area contributed by atoms with Crippen molar-refractivity contribution >= 4 is 13.1 Å². The third-order valence-corrected chi connectivity index (χ3v) is 10.1. The van der Waals surface area contributed by atoms with E-state index in [2.05, 4.69) is 62.6 Å². The molecule has 0 saturated heterocycles. The van der Waals surface area contributed by atoms with E-state index in [0.717, 1.165) is 61.6 Å². The second-order valence-electron chi connectivity index (χ2n) is 13.8. The van der Waals surface area contributed by atoms with Gasteiger partial charge in [0.05, 0.1) is 6.61 Å². The van der Waals surface area contributed by atoms with Crippen LogP contribution in [0.3, 0.4) is 0 Å². The number of carbonyl (C=O) groups excluding carboxylic acids is 2. The molecule has 0 aliphatic heterocycles. The summed E-state index contributed by atoms with van der Waals surface area (Å²) in [4.78, 5) is 17.4. The second-order valence-corrected chi connectivity index (χ2v) is 13.8. The van der Waals surface area contributed by atoms with Crippen molar-refractivity contribution in [1.82, 2.24) is 0 Å². The maximum absolute atomic E-state index is 9.41. The average molecular weight is 651 g/mol. The molecule has 0 radical (unpaired) electrons. The lowest BCUT2D eigenvalue weighted by atomic mass is 9.69. The molecule has 2 N–H and O–H groups in total. The number of fused-ring (bicyclic) bond motifs is 1. The summed E-state index contributed by atoms with van der Waals surface area (Å²) in [7, 11) is 2.78. The fraction of sp³-hybridized carbons (Fsp3) is 0.619. The summed E-state index contributed by atoms with van der Waals surface area (Å²) in [6.45, 7) is 14.1. The van der Waals surface area contributed by atoms with Crippen molar-refractivity contribution < 1.29 is 24.5 Å². The van der Waals surface area contributed by atoms with Gasteiger partial charge in [-0.05, 0) is 130 Å². The molecule has 0 amide bonds. The van der Waals surface area contributed by atoms with Gasteiger partial charge < -0.3 is 19.7 Å². The molecule has 4 unspecified atom stereocenters. The number of unbranched alkanes of at least 4 members (excludes halogenated alkanes) is 2. The number of aliphatic hydroxyl groups excluding tert-OH is 2. The highest BCUT2D eigenvalue weighted by molar-refractivity contribution is 5.70. The van der Waals surface area contributed by atoms with Crippen LogP contribution in [0.4, 0.5) is 0 Å². The van der Waals surface area contributed by atoms with Crippen LogP contribution in [0.2, 0.25) is 0 Å². The van der Waals surface area contributed by atoms with Gasteiger partial charge in [0.25, 0.3) is 0 Å². The minimum atomic E-state index is 0.0976. The molecule has 0 bridgehead atoms. The fourth-order valence-electron chi connectivity index (χ4n) is 7.53. The first-order chi connectivity index (χ1) is 22.9. The quantitative estimate of drug-likeness (QED) is 0.0855. The van der Waals surface area contributed by atoms with Crippen LogP contribution in [0.1, 0.15) is 127 Å². The number of hydrogen-bond donors (Lipinski definition) is 2. The van der Waals surface area contributed by atoms with E-state index in [1.165, 1.54) is 83.5 Å². The Kier molecular flexibility index (Phi) is 22.9. The predicted octanol–water partition coefficient (Wildman–Crippen LogP) is 9.70. The Morgan fingerprint density at radius 1 is 0.957 bits per heavy atom. The number of carbonyl (C=O) groups is 2. The summed E-state index contributed by atoms with van der Waals surface area (Å²) in [5.41, 5.74) is 6.24. The van der Waals surface area contributed by atoms with Crippen LogP contribution in [0.5, 0.6) is 0 Å². The van der Waals surface area contributed by atoms with Crippen LogP contribution in [-0.2, 0) is 14.3 Å². The van der Waals surface area contributed by atoms with E-state index in [-0.39, 0.29) is 6.61 Å². The van der Waals surface area contributed by atoms with Gasteiger partial charge in [-0.15, -0.1) is 0 Å². The minimum Gasteiger partial charge on any atom is -0.400 e. The van der Waals surface area contributed by atoms with Crippen LogP contribution in [-0.4, -0.2) is 50.7 Å². The minimum absolute atomic E-state index is 0.0976. The third kappa shape index (κ3) is 15.9. The van der Waals surface area contributed by atoms with Gasteiger partial charge in [0, 0.05) is 20.8 Å². The van der Waals surface area contributed by atoms with Crippen molar-refractivity contribution in [2.45, 2.75) is 116 Å². The number of methoxy groups -OCH3 is 1. The summed E-state index contributed by atoms with van der Waals surface area (Å²) in [6, 6.07) is 9.86.